The van der Waals surface area contributed by atoms with Gasteiger partial charge in [-0.3, -0.25) is 9.36 Å². The fraction of sp³-hybridized carbons (Fsp3) is 0.444. The summed E-state index contributed by atoms with van der Waals surface area (Å²) < 4.78 is 29.6. The predicted molar refractivity (Wildman–Crippen MR) is 98.6 cm³/mol. The zero-order valence-corrected chi connectivity index (χ0v) is 16.2. The minimum absolute atomic E-state index is 0.0230. The van der Waals surface area contributed by atoms with E-state index >= 15 is 0 Å². The van der Waals surface area contributed by atoms with Crippen molar-refractivity contribution in [1.29, 1.82) is 0 Å². The third-order valence-corrected chi connectivity index (χ3v) is 6.94. The van der Waals surface area contributed by atoms with Crippen molar-refractivity contribution in [3.05, 3.63) is 62.9 Å². The molecule has 8 heteroatoms. The summed E-state index contributed by atoms with van der Waals surface area (Å²) in [6, 6.07) is 9.78. The maximum atomic E-state index is 13.1. The van der Waals surface area contributed by atoms with Crippen LogP contribution in [0.4, 0.5) is 0 Å². The third kappa shape index (κ3) is 2.93. The molecule has 1 atom stereocenters. The lowest BCUT2D eigenvalue weighted by atomic mass is 9.78. The van der Waals surface area contributed by atoms with Crippen LogP contribution in [0.3, 0.4) is 0 Å². The molecule has 0 saturated carbocycles. The lowest BCUT2D eigenvalue weighted by Gasteiger charge is -2.25. The number of nitrogens with zero attached hydrogens (tertiary/aromatic N) is 3. The number of aromatic nitrogens is 2. The van der Waals surface area contributed by atoms with Crippen molar-refractivity contribution in [2.24, 2.45) is 19.5 Å². The molecule has 2 aromatic rings. The lowest BCUT2D eigenvalue weighted by Crippen LogP contribution is -2.42. The van der Waals surface area contributed by atoms with Crippen LogP contribution in [0.5, 0.6) is 0 Å². The van der Waals surface area contributed by atoms with E-state index in [1.807, 2.05) is 44.2 Å². The van der Waals surface area contributed by atoms with E-state index in [0.29, 0.717) is 13.1 Å². The summed E-state index contributed by atoms with van der Waals surface area (Å²) >= 11 is 0. The van der Waals surface area contributed by atoms with E-state index in [0.717, 1.165) is 20.9 Å². The van der Waals surface area contributed by atoms with Gasteiger partial charge in [0.05, 0.1) is 0 Å². The molecule has 0 N–H and O–H groups in total. The van der Waals surface area contributed by atoms with Gasteiger partial charge in [-0.15, -0.1) is 0 Å². The first kappa shape index (κ1) is 18.6. The highest BCUT2D eigenvalue weighted by Crippen LogP contribution is 2.43. The Morgan fingerprint density at radius 1 is 1.08 bits per heavy atom. The van der Waals surface area contributed by atoms with E-state index in [1.54, 1.807) is 0 Å². The highest BCUT2D eigenvalue weighted by molar-refractivity contribution is 7.89. The Morgan fingerprint density at radius 2 is 1.69 bits per heavy atom. The first-order valence-electron chi connectivity index (χ1n) is 8.37. The van der Waals surface area contributed by atoms with E-state index in [9.17, 15) is 18.0 Å². The minimum Gasteiger partial charge on any atom is -0.302 e. The number of rotatable bonds is 3. The number of hydrogen-bond donors (Lipinski definition) is 0. The number of aryl methyl sites for hydroxylation is 1. The summed E-state index contributed by atoms with van der Waals surface area (Å²) in [4.78, 5) is 23.9. The summed E-state index contributed by atoms with van der Waals surface area (Å²) in [7, 11) is -1.29. The molecule has 0 aliphatic carbocycles. The van der Waals surface area contributed by atoms with Crippen molar-refractivity contribution in [2.75, 3.05) is 13.1 Å². The van der Waals surface area contributed by atoms with Gasteiger partial charge in [-0.1, -0.05) is 44.2 Å². The topological polar surface area (TPSA) is 81.4 Å². The normalized spacial score (nSPS) is 20.4. The molecule has 0 unspecified atom stereocenters. The first-order chi connectivity index (χ1) is 12.1. The fourth-order valence-electron chi connectivity index (χ4n) is 3.60. The molecule has 1 aliphatic rings. The van der Waals surface area contributed by atoms with Gasteiger partial charge < -0.3 is 4.57 Å². The van der Waals surface area contributed by atoms with Crippen molar-refractivity contribution in [3.63, 3.8) is 0 Å². The highest BCUT2D eigenvalue weighted by atomic mass is 32.2. The van der Waals surface area contributed by atoms with Crippen molar-refractivity contribution in [3.8, 4) is 0 Å². The largest absolute Gasteiger partial charge is 0.330 e. The van der Waals surface area contributed by atoms with Crippen LogP contribution in [0.2, 0.25) is 0 Å². The Balaban J connectivity index is 2.05. The quantitative estimate of drug-likeness (QED) is 0.796. The second-order valence-electron chi connectivity index (χ2n) is 7.50. The molecule has 0 radical (unpaired) electrons. The van der Waals surface area contributed by atoms with Crippen LogP contribution in [0.1, 0.15) is 25.3 Å². The zero-order valence-electron chi connectivity index (χ0n) is 15.3. The van der Waals surface area contributed by atoms with Crippen LogP contribution in [0.15, 0.2) is 51.0 Å². The maximum absolute atomic E-state index is 13.1. The van der Waals surface area contributed by atoms with E-state index in [4.69, 9.17) is 0 Å². The van der Waals surface area contributed by atoms with Gasteiger partial charge in [0.15, 0.2) is 4.90 Å². The molecular formula is C18H23N3O4S. The minimum atomic E-state index is -4.00. The van der Waals surface area contributed by atoms with Crippen LogP contribution in [-0.4, -0.2) is 34.9 Å². The number of sulfonamides is 1. The van der Waals surface area contributed by atoms with Gasteiger partial charge in [-0.05, 0) is 11.0 Å². The smallest absolute Gasteiger partial charge is 0.302 e. The first-order valence-corrected chi connectivity index (χ1v) is 9.81. The molecule has 26 heavy (non-hydrogen) atoms. The molecular weight excluding hydrogens is 354 g/mol. The van der Waals surface area contributed by atoms with Gasteiger partial charge in [0.2, 0.25) is 10.0 Å². The monoisotopic (exact) mass is 377 g/mol. The fourth-order valence-corrected chi connectivity index (χ4v) is 5.37. The number of hydrogen-bond acceptors (Lipinski definition) is 4. The van der Waals surface area contributed by atoms with Gasteiger partial charge in [0.1, 0.15) is 0 Å². The van der Waals surface area contributed by atoms with Gasteiger partial charge >= 0.3 is 5.69 Å². The molecule has 1 fully saturated rings. The zero-order chi connectivity index (χ0) is 19.3. The van der Waals surface area contributed by atoms with Crippen LogP contribution in [0.25, 0.3) is 0 Å². The highest BCUT2D eigenvalue weighted by Gasteiger charge is 2.45. The maximum Gasteiger partial charge on any atom is 0.330 e. The van der Waals surface area contributed by atoms with E-state index in [1.165, 1.54) is 18.4 Å². The Bertz CT molecular complexity index is 1050. The molecule has 1 aromatic heterocycles. The van der Waals surface area contributed by atoms with Gasteiger partial charge in [0.25, 0.3) is 5.56 Å². The third-order valence-electron chi connectivity index (χ3n) is 5.15. The van der Waals surface area contributed by atoms with Gasteiger partial charge in [0, 0.05) is 39.3 Å². The molecule has 0 amide bonds. The van der Waals surface area contributed by atoms with Crippen molar-refractivity contribution >= 4 is 10.0 Å². The molecule has 1 aromatic carbocycles. The van der Waals surface area contributed by atoms with E-state index in [-0.39, 0.29) is 16.2 Å². The van der Waals surface area contributed by atoms with Crippen molar-refractivity contribution < 1.29 is 8.42 Å². The van der Waals surface area contributed by atoms with Crippen LogP contribution < -0.4 is 11.2 Å². The predicted octanol–water partition coefficient (Wildman–Crippen LogP) is 0.898. The van der Waals surface area contributed by atoms with Crippen LogP contribution in [-0.2, 0) is 24.1 Å². The Hall–Kier alpha value is -2.19. The lowest BCUT2D eigenvalue weighted by molar-refractivity contribution is 0.346. The van der Waals surface area contributed by atoms with Crippen LogP contribution in [0, 0.1) is 5.41 Å². The van der Waals surface area contributed by atoms with Gasteiger partial charge in [-0.2, -0.15) is 4.31 Å². The second-order valence-corrected chi connectivity index (χ2v) is 9.41. The Labute approximate surface area is 152 Å². The number of benzene rings is 1. The van der Waals surface area contributed by atoms with Gasteiger partial charge in [-0.25, -0.2) is 13.2 Å². The summed E-state index contributed by atoms with van der Waals surface area (Å²) in [6.07, 6.45) is 1.11. The molecule has 1 saturated heterocycles. The SMILES string of the molecule is Cn1cc(S(=O)(=O)N2C[C@H](c3ccccc3)C(C)(C)C2)c(=O)n(C)c1=O. The molecule has 2 heterocycles. The summed E-state index contributed by atoms with van der Waals surface area (Å²) in [5, 5.41) is 0. The molecule has 0 spiro atoms. The standard InChI is InChI=1S/C18H23N3O4S/c1-18(2)12-21(10-14(18)13-8-6-5-7-9-13)26(24,25)15-11-19(3)17(23)20(4)16(15)22/h5-9,11,14H,10,12H2,1-4H3/t14-/m1/s1. The molecule has 3 rings (SSSR count). The Morgan fingerprint density at radius 3 is 2.31 bits per heavy atom. The molecule has 140 valence electrons. The molecule has 7 nitrogen and oxygen atoms in total. The van der Waals surface area contributed by atoms with Crippen molar-refractivity contribution in [2.45, 2.75) is 24.7 Å². The second kappa shape index (κ2) is 6.21. The van der Waals surface area contributed by atoms with Crippen molar-refractivity contribution in [1.82, 2.24) is 13.4 Å². The Kier molecular flexibility index (Phi) is 4.44. The molecule has 0 bridgehead atoms. The van der Waals surface area contributed by atoms with E-state index in [2.05, 4.69) is 0 Å². The average Bonchev–Trinajstić information content (AvgIpc) is 2.93. The van der Waals surface area contributed by atoms with E-state index < -0.39 is 21.3 Å². The molecule has 1 aliphatic heterocycles. The van der Waals surface area contributed by atoms with Crippen LogP contribution >= 0.6 is 0 Å². The summed E-state index contributed by atoms with van der Waals surface area (Å²) in [6.45, 7) is 4.66. The summed E-state index contributed by atoms with van der Waals surface area (Å²) in [5.74, 6) is 0.0230. The average molecular weight is 377 g/mol. The summed E-state index contributed by atoms with van der Waals surface area (Å²) in [5.41, 5.74) is -0.559.